The molecule has 1 atom stereocenters. The van der Waals surface area contributed by atoms with Crippen molar-refractivity contribution in [2.75, 3.05) is 6.54 Å². The summed E-state index contributed by atoms with van der Waals surface area (Å²) in [7, 11) is 0. The second-order valence-electron chi connectivity index (χ2n) is 6.28. The summed E-state index contributed by atoms with van der Waals surface area (Å²) in [5.74, 6) is -0.190. The Morgan fingerprint density at radius 1 is 1.27 bits per heavy atom. The summed E-state index contributed by atoms with van der Waals surface area (Å²) < 4.78 is 1.55. The largest absolute Gasteiger partial charge is 0.387 e. The maximum atomic E-state index is 12.9. The van der Waals surface area contributed by atoms with E-state index in [4.69, 9.17) is 0 Å². The van der Waals surface area contributed by atoms with Gasteiger partial charge in [0.2, 0.25) is 0 Å². The molecule has 2 N–H and O–H groups in total. The number of rotatable bonds is 5. The number of hydrogen-bond acceptors (Lipinski definition) is 6. The highest BCUT2D eigenvalue weighted by Crippen LogP contribution is 2.36. The molecular formula is C18H19N5O2S. The number of carbonyl (C=O) groups is 1. The van der Waals surface area contributed by atoms with Crippen LogP contribution in [0.25, 0.3) is 5.00 Å². The molecule has 1 aliphatic rings. The maximum Gasteiger partial charge on any atom is 0.254 e. The molecule has 0 saturated heterocycles. The third kappa shape index (κ3) is 3.25. The predicted molar refractivity (Wildman–Crippen MR) is 97.4 cm³/mol. The Morgan fingerprint density at radius 3 is 2.85 bits per heavy atom. The van der Waals surface area contributed by atoms with Crippen LogP contribution in [0.1, 0.15) is 45.3 Å². The molecule has 8 heteroatoms. The lowest BCUT2D eigenvalue weighted by Crippen LogP contribution is -2.29. The van der Waals surface area contributed by atoms with Gasteiger partial charge >= 0.3 is 0 Å². The van der Waals surface area contributed by atoms with E-state index in [0.717, 1.165) is 41.8 Å². The first kappa shape index (κ1) is 16.9. The van der Waals surface area contributed by atoms with Crippen LogP contribution in [0.4, 0.5) is 0 Å². The van der Waals surface area contributed by atoms with Crippen molar-refractivity contribution in [1.82, 2.24) is 25.5 Å². The van der Waals surface area contributed by atoms with E-state index < -0.39 is 6.10 Å². The van der Waals surface area contributed by atoms with Gasteiger partial charge in [0.25, 0.3) is 5.91 Å². The molecule has 0 saturated carbocycles. The number of hydrogen-bond donors (Lipinski definition) is 2. The molecule has 0 spiro atoms. The molecule has 3 aromatic rings. The second-order valence-corrected chi connectivity index (χ2v) is 7.37. The lowest BCUT2D eigenvalue weighted by molar-refractivity contribution is 0.0915. The van der Waals surface area contributed by atoms with Gasteiger partial charge < -0.3 is 10.4 Å². The number of aliphatic hydroxyl groups is 1. The van der Waals surface area contributed by atoms with Gasteiger partial charge in [-0.05, 0) is 47.2 Å². The van der Waals surface area contributed by atoms with Crippen molar-refractivity contribution in [2.45, 2.75) is 31.8 Å². The summed E-state index contributed by atoms with van der Waals surface area (Å²) >= 11 is 1.58. The summed E-state index contributed by atoms with van der Waals surface area (Å²) in [5.41, 5.74) is 2.51. The molecule has 1 aromatic carbocycles. The van der Waals surface area contributed by atoms with Crippen LogP contribution in [-0.4, -0.2) is 37.8 Å². The van der Waals surface area contributed by atoms with Crippen LogP contribution in [0.5, 0.6) is 0 Å². The fourth-order valence-electron chi connectivity index (χ4n) is 3.27. The van der Waals surface area contributed by atoms with Crippen LogP contribution in [-0.2, 0) is 12.8 Å². The molecule has 0 aliphatic heterocycles. The van der Waals surface area contributed by atoms with Crippen LogP contribution in [0, 0.1) is 0 Å². The van der Waals surface area contributed by atoms with Crippen LogP contribution >= 0.6 is 11.3 Å². The molecule has 1 aliphatic carbocycles. The third-order valence-electron chi connectivity index (χ3n) is 4.58. The smallest absolute Gasteiger partial charge is 0.254 e. The maximum absolute atomic E-state index is 12.9. The zero-order chi connectivity index (χ0) is 17.9. The first-order valence-corrected chi connectivity index (χ1v) is 9.45. The van der Waals surface area contributed by atoms with Gasteiger partial charge in [-0.25, -0.2) is 0 Å². The molecule has 2 aromatic heterocycles. The number of tetrazole rings is 1. The van der Waals surface area contributed by atoms with Crippen molar-refractivity contribution < 1.29 is 9.90 Å². The van der Waals surface area contributed by atoms with Gasteiger partial charge in [-0.15, -0.1) is 16.4 Å². The lowest BCUT2D eigenvalue weighted by atomic mass is 9.95. The van der Waals surface area contributed by atoms with Crippen LogP contribution in [0.15, 0.2) is 36.7 Å². The number of amides is 1. The Labute approximate surface area is 154 Å². The molecule has 134 valence electrons. The minimum absolute atomic E-state index is 0.155. The van der Waals surface area contributed by atoms with Gasteiger partial charge in [0.05, 0.1) is 11.7 Å². The number of aliphatic hydroxyl groups excluding tert-OH is 1. The second kappa shape index (κ2) is 7.35. The van der Waals surface area contributed by atoms with Crippen molar-refractivity contribution in [3.8, 4) is 5.00 Å². The van der Waals surface area contributed by atoms with Crippen LogP contribution < -0.4 is 5.32 Å². The topological polar surface area (TPSA) is 92.9 Å². The van der Waals surface area contributed by atoms with Crippen molar-refractivity contribution >= 4 is 17.2 Å². The predicted octanol–water partition coefficient (Wildman–Crippen LogP) is 2.07. The molecule has 0 fully saturated rings. The van der Waals surface area contributed by atoms with Gasteiger partial charge in [-0.3, -0.25) is 4.79 Å². The fourth-order valence-corrected chi connectivity index (χ4v) is 4.57. The minimum Gasteiger partial charge on any atom is -0.387 e. The summed E-state index contributed by atoms with van der Waals surface area (Å²) in [4.78, 5) is 14.2. The Hall–Kier alpha value is -2.58. The SMILES string of the molecule is O=C(NC[C@H](O)c1ccccc1)c1c(-n2cnnn2)sc2c1CCCC2. The molecule has 2 heterocycles. The first-order valence-electron chi connectivity index (χ1n) is 8.63. The average Bonchev–Trinajstić information content (AvgIpc) is 3.33. The summed E-state index contributed by atoms with van der Waals surface area (Å²) in [6, 6.07) is 9.31. The highest BCUT2D eigenvalue weighted by atomic mass is 32.1. The lowest BCUT2D eigenvalue weighted by Gasteiger charge is -2.15. The van der Waals surface area contributed by atoms with Crippen molar-refractivity contribution in [3.63, 3.8) is 0 Å². The summed E-state index contributed by atoms with van der Waals surface area (Å²) in [5, 5.41) is 25.2. The molecule has 1 amide bonds. The van der Waals surface area contributed by atoms with E-state index in [9.17, 15) is 9.90 Å². The minimum atomic E-state index is -0.744. The van der Waals surface area contributed by atoms with E-state index >= 15 is 0 Å². The van der Waals surface area contributed by atoms with Gasteiger partial charge in [-0.2, -0.15) is 4.68 Å². The normalized spacial score (nSPS) is 14.7. The number of aryl methyl sites for hydroxylation is 1. The standard InChI is InChI=1S/C18H19N5O2S/c24-14(12-6-2-1-3-7-12)10-19-17(25)16-13-8-4-5-9-15(13)26-18(16)23-11-20-21-22-23/h1-3,6-7,11,14,24H,4-5,8-10H2,(H,19,25)/t14-/m0/s1. The highest BCUT2D eigenvalue weighted by Gasteiger charge is 2.27. The summed E-state index contributed by atoms with van der Waals surface area (Å²) in [6.07, 6.45) is 4.84. The van der Waals surface area contributed by atoms with Crippen LogP contribution in [0.3, 0.4) is 0 Å². The molecule has 0 bridgehead atoms. The Balaban J connectivity index is 1.58. The number of nitrogens with one attached hydrogen (secondary N) is 1. The number of carbonyl (C=O) groups excluding carboxylic acids is 1. The Bertz CT molecular complexity index is 892. The van der Waals surface area contributed by atoms with E-state index in [0.29, 0.717) is 5.56 Å². The van der Waals surface area contributed by atoms with E-state index in [-0.39, 0.29) is 12.5 Å². The molecule has 26 heavy (non-hydrogen) atoms. The van der Waals surface area contributed by atoms with Gasteiger partial charge in [-0.1, -0.05) is 30.3 Å². The van der Waals surface area contributed by atoms with E-state index in [1.807, 2.05) is 30.3 Å². The zero-order valence-corrected chi connectivity index (χ0v) is 14.9. The molecule has 0 unspecified atom stereocenters. The molecule has 0 radical (unpaired) electrons. The van der Waals surface area contributed by atoms with E-state index in [1.165, 1.54) is 11.2 Å². The van der Waals surface area contributed by atoms with Gasteiger partial charge in [0.15, 0.2) is 0 Å². The zero-order valence-electron chi connectivity index (χ0n) is 14.1. The third-order valence-corrected chi connectivity index (χ3v) is 5.86. The Kier molecular flexibility index (Phi) is 4.77. The van der Waals surface area contributed by atoms with Crippen molar-refractivity contribution in [3.05, 3.63) is 58.2 Å². The van der Waals surface area contributed by atoms with Gasteiger partial charge in [0, 0.05) is 11.4 Å². The number of fused-ring (bicyclic) bond motifs is 1. The number of nitrogens with zero attached hydrogens (tertiary/aromatic N) is 4. The molecule has 4 rings (SSSR count). The average molecular weight is 369 g/mol. The van der Waals surface area contributed by atoms with E-state index in [2.05, 4.69) is 20.8 Å². The monoisotopic (exact) mass is 369 g/mol. The first-order chi connectivity index (χ1) is 12.7. The number of benzene rings is 1. The van der Waals surface area contributed by atoms with Gasteiger partial charge in [0.1, 0.15) is 11.3 Å². The fraction of sp³-hybridized carbons (Fsp3) is 0.333. The molecule has 7 nitrogen and oxygen atoms in total. The molecular weight excluding hydrogens is 350 g/mol. The number of thiophene rings is 1. The van der Waals surface area contributed by atoms with Crippen molar-refractivity contribution in [1.29, 1.82) is 0 Å². The quantitative estimate of drug-likeness (QED) is 0.718. The highest BCUT2D eigenvalue weighted by molar-refractivity contribution is 7.15. The Morgan fingerprint density at radius 2 is 2.08 bits per heavy atom. The van der Waals surface area contributed by atoms with Crippen LogP contribution in [0.2, 0.25) is 0 Å². The van der Waals surface area contributed by atoms with E-state index in [1.54, 1.807) is 16.0 Å². The summed E-state index contributed by atoms with van der Waals surface area (Å²) in [6.45, 7) is 0.155. The number of aromatic nitrogens is 4. The van der Waals surface area contributed by atoms with Crippen molar-refractivity contribution in [2.24, 2.45) is 0 Å².